The topological polar surface area (TPSA) is 78.4 Å². The van der Waals surface area contributed by atoms with Crippen molar-refractivity contribution >= 4 is 17.5 Å². The van der Waals surface area contributed by atoms with Crippen LogP contribution in [0.4, 0.5) is 5.69 Å². The van der Waals surface area contributed by atoms with Gasteiger partial charge in [-0.25, -0.2) is 0 Å². The molecule has 0 heterocycles. The van der Waals surface area contributed by atoms with E-state index in [2.05, 4.69) is 17.6 Å². The van der Waals surface area contributed by atoms with Gasteiger partial charge in [-0.15, -0.1) is 0 Å². The number of aliphatic hydroxyl groups is 1. The number of unbranched alkanes of at least 4 members (excludes halogenated alkanes) is 1. The van der Waals surface area contributed by atoms with Crippen LogP contribution in [0.15, 0.2) is 54.6 Å². The summed E-state index contributed by atoms with van der Waals surface area (Å²) in [6.45, 7) is 2.12. The van der Waals surface area contributed by atoms with Crippen LogP contribution in [-0.4, -0.2) is 23.5 Å². The first-order valence-corrected chi connectivity index (χ1v) is 8.51. The van der Waals surface area contributed by atoms with Crippen molar-refractivity contribution in [1.82, 2.24) is 5.32 Å². The summed E-state index contributed by atoms with van der Waals surface area (Å²) in [6, 6.07) is 16.4. The van der Waals surface area contributed by atoms with Crippen LogP contribution in [0.25, 0.3) is 0 Å². The largest absolute Gasteiger partial charge is 0.387 e. The third-order valence-corrected chi connectivity index (χ3v) is 3.88. The first-order valence-electron chi connectivity index (χ1n) is 8.51. The van der Waals surface area contributed by atoms with Crippen molar-refractivity contribution in [1.29, 1.82) is 0 Å². The number of aryl methyl sites for hydroxylation is 1. The maximum atomic E-state index is 11.9. The lowest BCUT2D eigenvalue weighted by atomic mass is 10.1. The Kier molecular flexibility index (Phi) is 7.16. The second-order valence-electron chi connectivity index (χ2n) is 5.89. The van der Waals surface area contributed by atoms with E-state index >= 15 is 0 Å². The van der Waals surface area contributed by atoms with Crippen LogP contribution in [0.1, 0.15) is 37.0 Å². The molecule has 0 fully saturated rings. The number of aliphatic hydroxyl groups excluding tert-OH is 1. The highest BCUT2D eigenvalue weighted by Crippen LogP contribution is 2.12. The van der Waals surface area contributed by atoms with E-state index in [9.17, 15) is 14.7 Å². The van der Waals surface area contributed by atoms with Crippen LogP contribution in [0.3, 0.4) is 0 Å². The minimum Gasteiger partial charge on any atom is -0.387 e. The number of amides is 2. The van der Waals surface area contributed by atoms with E-state index in [0.717, 1.165) is 19.3 Å². The minimum absolute atomic E-state index is 0.0216. The molecule has 2 aromatic rings. The molecular weight excluding hydrogens is 316 g/mol. The Bertz CT molecular complexity index is 684. The third-order valence-electron chi connectivity index (χ3n) is 3.88. The van der Waals surface area contributed by atoms with E-state index in [4.69, 9.17) is 0 Å². The second-order valence-corrected chi connectivity index (χ2v) is 5.89. The number of carbonyl (C=O) groups is 2. The second kappa shape index (κ2) is 9.59. The molecule has 5 nitrogen and oxygen atoms in total. The molecule has 0 aliphatic carbocycles. The SMILES string of the molecule is CCCCc1ccc(NC(=O)C(=O)NC[C@H](O)c2ccccc2)cc1. The molecule has 5 heteroatoms. The molecule has 25 heavy (non-hydrogen) atoms. The summed E-state index contributed by atoms with van der Waals surface area (Å²) < 4.78 is 0. The van der Waals surface area contributed by atoms with Crippen molar-refractivity contribution in [3.8, 4) is 0 Å². The Morgan fingerprint density at radius 1 is 1.00 bits per heavy atom. The van der Waals surface area contributed by atoms with Crippen LogP contribution in [0.5, 0.6) is 0 Å². The summed E-state index contributed by atoms with van der Waals surface area (Å²) in [5, 5.41) is 15.0. The summed E-state index contributed by atoms with van der Waals surface area (Å²) in [5.74, 6) is -1.52. The predicted molar refractivity (Wildman–Crippen MR) is 98.1 cm³/mol. The molecule has 2 aromatic carbocycles. The van der Waals surface area contributed by atoms with Gasteiger partial charge < -0.3 is 15.7 Å². The number of benzene rings is 2. The molecule has 2 rings (SSSR count). The van der Waals surface area contributed by atoms with Crippen molar-refractivity contribution in [2.45, 2.75) is 32.3 Å². The molecule has 0 radical (unpaired) electrons. The Balaban J connectivity index is 1.80. The summed E-state index contributed by atoms with van der Waals surface area (Å²) in [4.78, 5) is 23.8. The molecule has 0 saturated carbocycles. The molecule has 132 valence electrons. The highest BCUT2D eigenvalue weighted by atomic mass is 16.3. The lowest BCUT2D eigenvalue weighted by Gasteiger charge is -2.12. The van der Waals surface area contributed by atoms with E-state index in [-0.39, 0.29) is 6.54 Å². The Morgan fingerprint density at radius 3 is 2.32 bits per heavy atom. The number of anilines is 1. The fourth-order valence-electron chi connectivity index (χ4n) is 2.39. The lowest BCUT2D eigenvalue weighted by molar-refractivity contribution is -0.136. The summed E-state index contributed by atoms with van der Waals surface area (Å²) in [5.41, 5.74) is 2.46. The Hall–Kier alpha value is -2.66. The Morgan fingerprint density at radius 2 is 1.68 bits per heavy atom. The van der Waals surface area contributed by atoms with Gasteiger partial charge in [-0.3, -0.25) is 9.59 Å². The van der Waals surface area contributed by atoms with Gasteiger partial charge in [0.25, 0.3) is 0 Å². The van der Waals surface area contributed by atoms with Gasteiger partial charge in [0, 0.05) is 12.2 Å². The zero-order valence-corrected chi connectivity index (χ0v) is 14.4. The van der Waals surface area contributed by atoms with Gasteiger partial charge in [0.15, 0.2) is 0 Å². The molecule has 0 aliphatic rings. The van der Waals surface area contributed by atoms with Crippen LogP contribution in [0.2, 0.25) is 0 Å². The minimum atomic E-state index is -0.851. The maximum Gasteiger partial charge on any atom is 0.313 e. The van der Waals surface area contributed by atoms with E-state index < -0.39 is 17.9 Å². The lowest BCUT2D eigenvalue weighted by Crippen LogP contribution is -2.37. The fourth-order valence-corrected chi connectivity index (χ4v) is 2.39. The molecule has 0 saturated heterocycles. The van der Waals surface area contributed by atoms with Gasteiger partial charge in [-0.05, 0) is 36.1 Å². The van der Waals surface area contributed by atoms with Crippen molar-refractivity contribution < 1.29 is 14.7 Å². The predicted octanol–water partition coefficient (Wildman–Crippen LogP) is 2.82. The third kappa shape index (κ3) is 6.04. The average molecular weight is 340 g/mol. The number of carbonyl (C=O) groups excluding carboxylic acids is 2. The summed E-state index contributed by atoms with van der Waals surface area (Å²) >= 11 is 0. The summed E-state index contributed by atoms with van der Waals surface area (Å²) in [6.07, 6.45) is 2.41. The smallest absolute Gasteiger partial charge is 0.313 e. The van der Waals surface area contributed by atoms with Gasteiger partial charge in [0.2, 0.25) is 0 Å². The van der Waals surface area contributed by atoms with E-state index in [1.165, 1.54) is 5.56 Å². The van der Waals surface area contributed by atoms with Gasteiger partial charge >= 0.3 is 11.8 Å². The summed E-state index contributed by atoms with van der Waals surface area (Å²) in [7, 11) is 0. The maximum absolute atomic E-state index is 11.9. The van der Waals surface area contributed by atoms with Crippen molar-refractivity contribution in [3.05, 3.63) is 65.7 Å². The first-order chi connectivity index (χ1) is 12.1. The fraction of sp³-hybridized carbons (Fsp3) is 0.300. The molecule has 0 aliphatic heterocycles. The van der Waals surface area contributed by atoms with Gasteiger partial charge in [0.05, 0.1) is 6.10 Å². The first kappa shape index (κ1) is 18.7. The zero-order chi connectivity index (χ0) is 18.1. The molecule has 0 bridgehead atoms. The molecule has 2 amide bonds. The molecule has 0 spiro atoms. The van der Waals surface area contributed by atoms with Crippen LogP contribution < -0.4 is 10.6 Å². The van der Waals surface area contributed by atoms with Crippen LogP contribution in [0, 0.1) is 0 Å². The van der Waals surface area contributed by atoms with Crippen molar-refractivity contribution in [2.24, 2.45) is 0 Å². The number of hydrogen-bond donors (Lipinski definition) is 3. The number of hydrogen-bond acceptors (Lipinski definition) is 3. The quantitative estimate of drug-likeness (QED) is 0.678. The monoisotopic (exact) mass is 340 g/mol. The van der Waals surface area contributed by atoms with Gasteiger partial charge in [-0.2, -0.15) is 0 Å². The molecule has 1 atom stereocenters. The molecular formula is C20H24N2O3. The van der Waals surface area contributed by atoms with Crippen LogP contribution >= 0.6 is 0 Å². The number of nitrogens with one attached hydrogen (secondary N) is 2. The highest BCUT2D eigenvalue weighted by Gasteiger charge is 2.15. The number of rotatable bonds is 7. The normalized spacial score (nSPS) is 11.6. The average Bonchev–Trinajstić information content (AvgIpc) is 2.65. The van der Waals surface area contributed by atoms with Gasteiger partial charge in [-0.1, -0.05) is 55.8 Å². The highest BCUT2D eigenvalue weighted by molar-refractivity contribution is 6.39. The van der Waals surface area contributed by atoms with E-state index in [1.54, 1.807) is 36.4 Å². The Labute approximate surface area is 148 Å². The van der Waals surface area contributed by atoms with E-state index in [1.807, 2.05) is 18.2 Å². The van der Waals surface area contributed by atoms with Crippen molar-refractivity contribution in [2.75, 3.05) is 11.9 Å². The molecule has 0 unspecified atom stereocenters. The zero-order valence-electron chi connectivity index (χ0n) is 14.4. The standard InChI is InChI=1S/C20H24N2O3/c1-2-3-7-15-10-12-17(13-11-15)22-20(25)19(24)21-14-18(23)16-8-5-4-6-9-16/h4-6,8-13,18,23H,2-3,7,14H2,1H3,(H,21,24)(H,22,25)/t18-/m0/s1. The van der Waals surface area contributed by atoms with Crippen LogP contribution in [-0.2, 0) is 16.0 Å². The van der Waals surface area contributed by atoms with E-state index in [0.29, 0.717) is 11.3 Å². The van der Waals surface area contributed by atoms with Gasteiger partial charge in [0.1, 0.15) is 0 Å². The molecule has 0 aromatic heterocycles. The molecule has 3 N–H and O–H groups in total. The van der Waals surface area contributed by atoms with Crippen molar-refractivity contribution in [3.63, 3.8) is 0 Å².